The highest BCUT2D eigenvalue weighted by molar-refractivity contribution is 9.10. The summed E-state index contributed by atoms with van der Waals surface area (Å²) < 4.78 is 27.5. The van der Waals surface area contributed by atoms with Crippen LogP contribution in [0.25, 0.3) is 0 Å². The molecule has 100 valence electrons. The van der Waals surface area contributed by atoms with Crippen molar-refractivity contribution in [1.82, 2.24) is 0 Å². The van der Waals surface area contributed by atoms with Crippen LogP contribution in [-0.2, 0) is 6.54 Å². The van der Waals surface area contributed by atoms with Gasteiger partial charge in [-0.1, -0.05) is 6.07 Å². The van der Waals surface area contributed by atoms with Crippen LogP contribution in [0, 0.1) is 11.6 Å². The summed E-state index contributed by atoms with van der Waals surface area (Å²) in [6.45, 7) is 0.316. The Balaban J connectivity index is 2.14. The summed E-state index contributed by atoms with van der Waals surface area (Å²) in [7, 11) is 0. The van der Waals surface area contributed by atoms with Gasteiger partial charge >= 0.3 is 0 Å². The molecule has 2 N–H and O–H groups in total. The number of phenolic OH excluding ortho intramolecular Hbond substituents is 1. The van der Waals surface area contributed by atoms with Gasteiger partial charge in [0.25, 0.3) is 0 Å². The van der Waals surface area contributed by atoms with Gasteiger partial charge in [-0.2, -0.15) is 0 Å². The highest BCUT2D eigenvalue weighted by Crippen LogP contribution is 2.26. The van der Waals surface area contributed by atoms with E-state index in [1.54, 1.807) is 12.1 Å². The van der Waals surface area contributed by atoms with Crippen LogP contribution in [-0.4, -0.2) is 5.11 Å². The van der Waals surface area contributed by atoms with Crippen LogP contribution >= 0.6 is 31.9 Å². The molecule has 0 aliphatic carbocycles. The highest BCUT2D eigenvalue weighted by atomic mass is 79.9. The van der Waals surface area contributed by atoms with Gasteiger partial charge < -0.3 is 10.4 Å². The molecule has 0 saturated heterocycles. The second-order valence-electron chi connectivity index (χ2n) is 3.89. The van der Waals surface area contributed by atoms with Crippen molar-refractivity contribution in [2.24, 2.45) is 0 Å². The van der Waals surface area contributed by atoms with Crippen molar-refractivity contribution in [1.29, 1.82) is 0 Å². The molecule has 2 rings (SSSR count). The smallest absolute Gasteiger partial charge is 0.147 e. The number of rotatable bonds is 3. The Bertz CT molecular complexity index is 620. The fraction of sp³-hybridized carbons (Fsp3) is 0.0769. The lowest BCUT2D eigenvalue weighted by Gasteiger charge is -2.09. The third-order valence-electron chi connectivity index (χ3n) is 2.51. The van der Waals surface area contributed by atoms with E-state index in [-0.39, 0.29) is 15.9 Å². The first-order chi connectivity index (χ1) is 8.97. The van der Waals surface area contributed by atoms with Crippen molar-refractivity contribution < 1.29 is 13.9 Å². The molecule has 2 aromatic carbocycles. The molecule has 0 saturated carbocycles. The first-order valence-corrected chi connectivity index (χ1v) is 6.92. The molecule has 2 nitrogen and oxygen atoms in total. The predicted molar refractivity (Wildman–Crippen MR) is 77.2 cm³/mol. The minimum Gasteiger partial charge on any atom is -0.507 e. The van der Waals surface area contributed by atoms with Crippen LogP contribution in [0.5, 0.6) is 5.75 Å². The lowest BCUT2D eigenvalue weighted by Crippen LogP contribution is -2.02. The van der Waals surface area contributed by atoms with Crippen LogP contribution in [0.1, 0.15) is 5.56 Å². The van der Waals surface area contributed by atoms with Gasteiger partial charge in [-0.25, -0.2) is 8.78 Å². The number of nitrogens with one attached hydrogen (secondary N) is 1. The van der Waals surface area contributed by atoms with Gasteiger partial charge in [0.15, 0.2) is 0 Å². The van der Waals surface area contributed by atoms with E-state index in [2.05, 4.69) is 37.2 Å². The van der Waals surface area contributed by atoms with Crippen LogP contribution in [0.3, 0.4) is 0 Å². The van der Waals surface area contributed by atoms with Gasteiger partial charge in [0, 0.05) is 12.6 Å². The molecule has 0 atom stereocenters. The number of hydrogen-bond acceptors (Lipinski definition) is 2. The molecule has 6 heteroatoms. The molecule has 0 unspecified atom stereocenters. The van der Waals surface area contributed by atoms with Gasteiger partial charge in [0.05, 0.1) is 14.6 Å². The molecule has 0 spiro atoms. The number of hydrogen-bond donors (Lipinski definition) is 2. The quantitative estimate of drug-likeness (QED) is 0.735. The van der Waals surface area contributed by atoms with E-state index in [4.69, 9.17) is 0 Å². The Hall–Kier alpha value is -1.14. The lowest BCUT2D eigenvalue weighted by molar-refractivity contribution is 0.471. The number of halogens is 4. The molecule has 0 radical (unpaired) electrons. The summed E-state index contributed by atoms with van der Waals surface area (Å²) in [6, 6.07) is 7.09. The monoisotopic (exact) mass is 391 g/mol. The minimum absolute atomic E-state index is 0.0860. The maximum absolute atomic E-state index is 13.6. The van der Waals surface area contributed by atoms with E-state index in [9.17, 15) is 13.9 Å². The van der Waals surface area contributed by atoms with Crippen molar-refractivity contribution in [2.75, 3.05) is 5.32 Å². The normalized spacial score (nSPS) is 10.5. The topological polar surface area (TPSA) is 32.3 Å². The summed E-state index contributed by atoms with van der Waals surface area (Å²) in [5.41, 5.74) is 0.914. The number of aromatic hydroxyl groups is 1. The van der Waals surface area contributed by atoms with E-state index in [0.29, 0.717) is 11.0 Å². The average molecular weight is 393 g/mol. The number of benzene rings is 2. The fourth-order valence-corrected chi connectivity index (χ4v) is 2.26. The van der Waals surface area contributed by atoms with Crippen molar-refractivity contribution in [3.63, 3.8) is 0 Å². The zero-order chi connectivity index (χ0) is 14.0. The molecule has 0 aromatic heterocycles. The minimum atomic E-state index is -0.536. The van der Waals surface area contributed by atoms with E-state index in [1.807, 2.05) is 0 Å². The summed E-state index contributed by atoms with van der Waals surface area (Å²) in [5, 5.41) is 12.2. The van der Waals surface area contributed by atoms with Gasteiger partial charge in [-0.3, -0.25) is 0 Å². The van der Waals surface area contributed by atoms with Crippen molar-refractivity contribution in [3.8, 4) is 5.75 Å². The van der Waals surface area contributed by atoms with E-state index >= 15 is 0 Å². The first-order valence-electron chi connectivity index (χ1n) is 5.33. The molecule has 0 amide bonds. The molecule has 0 heterocycles. The summed E-state index contributed by atoms with van der Waals surface area (Å²) in [4.78, 5) is 0. The molecule has 0 bridgehead atoms. The molecular weight excluding hydrogens is 384 g/mol. The van der Waals surface area contributed by atoms with Gasteiger partial charge in [0.1, 0.15) is 17.4 Å². The predicted octanol–water partition coefficient (Wildman–Crippen LogP) is 4.81. The van der Waals surface area contributed by atoms with Crippen LogP contribution < -0.4 is 5.32 Å². The SMILES string of the molecule is Oc1ccc(CNc2cc(F)c(Br)cc2F)cc1Br. The lowest BCUT2D eigenvalue weighted by atomic mass is 10.2. The van der Waals surface area contributed by atoms with Crippen molar-refractivity contribution in [2.45, 2.75) is 6.54 Å². The fourth-order valence-electron chi connectivity index (χ4n) is 1.52. The number of anilines is 1. The standard InChI is InChI=1S/C13H9Br2F2NO/c14-8-4-11(17)12(5-10(8)16)18-6-7-1-2-13(19)9(15)3-7/h1-5,18-19H,6H2. The maximum atomic E-state index is 13.6. The Morgan fingerprint density at radius 3 is 2.42 bits per heavy atom. The zero-order valence-electron chi connectivity index (χ0n) is 9.55. The Morgan fingerprint density at radius 2 is 1.74 bits per heavy atom. The third kappa shape index (κ3) is 3.45. The van der Waals surface area contributed by atoms with E-state index in [0.717, 1.165) is 17.7 Å². The maximum Gasteiger partial charge on any atom is 0.147 e. The second kappa shape index (κ2) is 5.88. The van der Waals surface area contributed by atoms with E-state index < -0.39 is 11.6 Å². The van der Waals surface area contributed by atoms with Gasteiger partial charge in [-0.05, 0) is 55.6 Å². The Labute approximate surface area is 125 Å². The van der Waals surface area contributed by atoms with Crippen LogP contribution in [0.4, 0.5) is 14.5 Å². The highest BCUT2D eigenvalue weighted by Gasteiger charge is 2.08. The van der Waals surface area contributed by atoms with Gasteiger partial charge in [0.2, 0.25) is 0 Å². The summed E-state index contributed by atoms with van der Waals surface area (Å²) >= 11 is 6.11. The largest absolute Gasteiger partial charge is 0.507 e. The van der Waals surface area contributed by atoms with Crippen molar-refractivity contribution in [3.05, 3.63) is 56.5 Å². The molecule has 0 aliphatic heterocycles. The summed E-state index contributed by atoms with van der Waals surface area (Å²) in [6.07, 6.45) is 0. The zero-order valence-corrected chi connectivity index (χ0v) is 12.7. The van der Waals surface area contributed by atoms with Gasteiger partial charge in [-0.15, -0.1) is 0 Å². The van der Waals surface area contributed by atoms with Crippen LogP contribution in [0.15, 0.2) is 39.3 Å². The van der Waals surface area contributed by atoms with Crippen LogP contribution in [0.2, 0.25) is 0 Å². The average Bonchev–Trinajstić information content (AvgIpc) is 2.36. The number of phenols is 1. The molecule has 2 aromatic rings. The third-order valence-corrected chi connectivity index (χ3v) is 3.75. The summed E-state index contributed by atoms with van der Waals surface area (Å²) in [5.74, 6) is -0.938. The molecule has 0 fully saturated rings. The Kier molecular flexibility index (Phi) is 4.42. The second-order valence-corrected chi connectivity index (χ2v) is 5.59. The molecule has 19 heavy (non-hydrogen) atoms. The Morgan fingerprint density at radius 1 is 1.00 bits per heavy atom. The molecule has 0 aliphatic rings. The molecular formula is C13H9Br2F2NO. The van der Waals surface area contributed by atoms with Crippen molar-refractivity contribution >= 4 is 37.5 Å². The van der Waals surface area contributed by atoms with E-state index in [1.165, 1.54) is 6.07 Å². The first kappa shape index (κ1) is 14.3.